The van der Waals surface area contributed by atoms with E-state index in [0.29, 0.717) is 27.7 Å². The molecule has 2 rings (SSSR count). The van der Waals surface area contributed by atoms with Gasteiger partial charge >= 0.3 is 0 Å². The first-order valence-electron chi connectivity index (χ1n) is 10.6. The van der Waals surface area contributed by atoms with E-state index in [4.69, 9.17) is 0 Å². The lowest BCUT2D eigenvalue weighted by Gasteiger charge is -2.31. The maximum atomic E-state index is 13.2. The highest BCUT2D eigenvalue weighted by atomic mass is 79.9. The van der Waals surface area contributed by atoms with Crippen LogP contribution in [0.3, 0.4) is 0 Å². The maximum absolute atomic E-state index is 13.2. The summed E-state index contributed by atoms with van der Waals surface area (Å²) in [6, 6.07) is 8.08. The van der Waals surface area contributed by atoms with Gasteiger partial charge in [-0.2, -0.15) is 0 Å². The Balaban J connectivity index is 2.13. The molecule has 1 aliphatic rings. The predicted octanol–water partition coefficient (Wildman–Crippen LogP) is 6.32. The quantitative estimate of drug-likeness (QED) is 0.336. The van der Waals surface area contributed by atoms with Crippen LogP contribution in [-0.4, -0.2) is 12.8 Å². The molecule has 0 aromatic heterocycles. The second kappa shape index (κ2) is 10.8. The Morgan fingerprint density at radius 3 is 2.34 bits per heavy atom. The van der Waals surface area contributed by atoms with Crippen LogP contribution in [0.25, 0.3) is 5.70 Å². The third-order valence-corrected chi connectivity index (χ3v) is 7.25. The summed E-state index contributed by atoms with van der Waals surface area (Å²) in [5.74, 6) is 1.75. The number of ketones is 1. The summed E-state index contributed by atoms with van der Waals surface area (Å²) in [5, 5.41) is 6.44. The van der Waals surface area contributed by atoms with Crippen LogP contribution in [-0.2, 0) is 4.79 Å². The summed E-state index contributed by atoms with van der Waals surface area (Å²) in [6.07, 6.45) is 6.38. The average Bonchev–Trinajstić information content (AvgIpc) is 2.75. The molecule has 1 aromatic carbocycles. The van der Waals surface area contributed by atoms with Gasteiger partial charge in [0.25, 0.3) is 0 Å². The number of hydrogen-bond acceptors (Lipinski definition) is 3. The molecule has 1 fully saturated rings. The molecule has 1 saturated carbocycles. The first-order valence-corrected chi connectivity index (χ1v) is 11.4. The Morgan fingerprint density at radius 1 is 1.14 bits per heavy atom. The SMILES string of the molecule is C=C(C(=O)C(C)C(C)C1CCCCC1)/C(Br)=C(\NC)NC(=C)c1ccccc1C. The van der Waals surface area contributed by atoms with Crippen molar-refractivity contribution >= 4 is 27.4 Å². The summed E-state index contributed by atoms with van der Waals surface area (Å²) in [4.78, 5) is 13.2. The number of allylic oxidation sites excluding steroid dienone is 2. The molecule has 0 amide bonds. The van der Waals surface area contributed by atoms with Crippen molar-refractivity contribution in [3.8, 4) is 0 Å². The van der Waals surface area contributed by atoms with E-state index in [2.05, 4.69) is 59.6 Å². The minimum Gasteiger partial charge on any atom is -0.374 e. The molecule has 1 aromatic rings. The van der Waals surface area contributed by atoms with E-state index < -0.39 is 0 Å². The molecule has 2 atom stereocenters. The zero-order valence-electron chi connectivity index (χ0n) is 18.3. The number of benzene rings is 1. The number of carbonyl (C=O) groups is 1. The van der Waals surface area contributed by atoms with Crippen LogP contribution in [0.2, 0.25) is 0 Å². The zero-order valence-corrected chi connectivity index (χ0v) is 19.9. The van der Waals surface area contributed by atoms with E-state index in [-0.39, 0.29) is 11.7 Å². The fourth-order valence-corrected chi connectivity index (χ4v) is 4.69. The molecule has 3 nitrogen and oxygen atoms in total. The Kier molecular flexibility index (Phi) is 8.76. The number of rotatable bonds is 9. The van der Waals surface area contributed by atoms with E-state index in [9.17, 15) is 4.79 Å². The van der Waals surface area contributed by atoms with Crippen molar-refractivity contribution in [1.29, 1.82) is 0 Å². The highest BCUT2D eigenvalue weighted by Gasteiger charge is 2.30. The van der Waals surface area contributed by atoms with Crippen molar-refractivity contribution in [2.75, 3.05) is 7.05 Å². The van der Waals surface area contributed by atoms with Gasteiger partial charge in [-0.3, -0.25) is 4.79 Å². The second-order valence-corrected chi connectivity index (χ2v) is 9.04. The summed E-state index contributed by atoms with van der Waals surface area (Å²) in [5.41, 5.74) is 3.45. The van der Waals surface area contributed by atoms with Crippen molar-refractivity contribution in [3.63, 3.8) is 0 Å². The molecule has 1 aliphatic carbocycles. The minimum absolute atomic E-state index is 0.0455. The standard InChI is InChI=1S/C25H35BrN2O/c1-16-12-10-11-15-22(16)20(5)28-25(27-6)23(26)19(4)24(29)18(3)17(2)21-13-8-7-9-14-21/h10-12,15,17-18,21,27-28H,4-5,7-9,13-14H2,1-3,6H3/b25-23-. The number of nitrogens with one attached hydrogen (secondary N) is 2. The normalized spacial score (nSPS) is 17.7. The molecule has 0 spiro atoms. The molecular weight excluding hydrogens is 424 g/mol. The van der Waals surface area contributed by atoms with Gasteiger partial charge in [0, 0.05) is 29.8 Å². The van der Waals surface area contributed by atoms with Crippen molar-refractivity contribution in [2.24, 2.45) is 17.8 Å². The molecule has 29 heavy (non-hydrogen) atoms. The maximum Gasteiger partial charge on any atom is 0.166 e. The van der Waals surface area contributed by atoms with Crippen molar-refractivity contribution in [3.05, 3.63) is 64.4 Å². The van der Waals surface area contributed by atoms with Crippen molar-refractivity contribution in [1.82, 2.24) is 10.6 Å². The van der Waals surface area contributed by atoms with Gasteiger partial charge in [0.05, 0.1) is 4.48 Å². The summed E-state index contributed by atoms with van der Waals surface area (Å²) in [7, 11) is 1.82. The van der Waals surface area contributed by atoms with Gasteiger partial charge in [-0.05, 0) is 40.3 Å². The molecule has 0 heterocycles. The molecule has 158 valence electrons. The lowest BCUT2D eigenvalue weighted by Crippen LogP contribution is -2.29. The Hall–Kier alpha value is -1.81. The smallest absolute Gasteiger partial charge is 0.166 e. The lowest BCUT2D eigenvalue weighted by molar-refractivity contribution is -0.120. The van der Waals surface area contributed by atoms with Gasteiger partial charge in [0.1, 0.15) is 5.82 Å². The number of carbonyl (C=O) groups excluding carboxylic acids is 1. The number of Topliss-reactive ketones (excluding diaryl/α,β-unsaturated/α-hetero) is 1. The van der Waals surface area contributed by atoms with Gasteiger partial charge in [0.15, 0.2) is 5.78 Å². The fourth-order valence-electron chi connectivity index (χ4n) is 4.20. The van der Waals surface area contributed by atoms with E-state index in [1.807, 2.05) is 32.2 Å². The van der Waals surface area contributed by atoms with Crippen molar-refractivity contribution < 1.29 is 4.79 Å². The first kappa shape index (κ1) is 23.5. The molecule has 2 unspecified atom stereocenters. The van der Waals surface area contributed by atoms with E-state index >= 15 is 0 Å². The predicted molar refractivity (Wildman–Crippen MR) is 127 cm³/mol. The van der Waals surface area contributed by atoms with Crippen LogP contribution in [0.5, 0.6) is 0 Å². The van der Waals surface area contributed by atoms with Gasteiger partial charge in [0.2, 0.25) is 0 Å². The Morgan fingerprint density at radius 2 is 1.76 bits per heavy atom. The number of hydrogen-bond donors (Lipinski definition) is 2. The molecule has 0 aliphatic heterocycles. The van der Waals surface area contributed by atoms with Crippen LogP contribution >= 0.6 is 15.9 Å². The van der Waals surface area contributed by atoms with Crippen LogP contribution in [0.15, 0.2) is 53.3 Å². The van der Waals surface area contributed by atoms with Gasteiger partial charge in [-0.1, -0.05) is 83.4 Å². The fraction of sp³-hybridized carbons (Fsp3) is 0.480. The topological polar surface area (TPSA) is 41.1 Å². The van der Waals surface area contributed by atoms with E-state index in [0.717, 1.165) is 16.8 Å². The highest BCUT2D eigenvalue weighted by Crippen LogP contribution is 2.36. The summed E-state index contributed by atoms with van der Waals surface area (Å²) < 4.78 is 0.655. The van der Waals surface area contributed by atoms with Crippen LogP contribution in [0.1, 0.15) is 57.1 Å². The molecule has 0 bridgehead atoms. The molecule has 0 radical (unpaired) electrons. The third kappa shape index (κ3) is 5.85. The number of aryl methyl sites for hydroxylation is 1. The molecular formula is C25H35BrN2O. The lowest BCUT2D eigenvalue weighted by atomic mass is 9.73. The van der Waals surface area contributed by atoms with Crippen LogP contribution < -0.4 is 10.6 Å². The van der Waals surface area contributed by atoms with Crippen LogP contribution in [0.4, 0.5) is 0 Å². The largest absolute Gasteiger partial charge is 0.374 e. The molecule has 2 N–H and O–H groups in total. The number of halogens is 1. The van der Waals surface area contributed by atoms with E-state index in [1.165, 1.54) is 32.1 Å². The second-order valence-electron chi connectivity index (χ2n) is 8.25. The highest BCUT2D eigenvalue weighted by molar-refractivity contribution is 9.12. The minimum atomic E-state index is -0.0455. The zero-order chi connectivity index (χ0) is 21.6. The van der Waals surface area contributed by atoms with Crippen molar-refractivity contribution in [2.45, 2.75) is 52.9 Å². The van der Waals surface area contributed by atoms with Gasteiger partial charge in [-0.25, -0.2) is 0 Å². The molecule has 0 saturated heterocycles. The van der Waals surface area contributed by atoms with Crippen LogP contribution in [0, 0.1) is 24.7 Å². The average molecular weight is 459 g/mol. The van der Waals surface area contributed by atoms with Gasteiger partial charge < -0.3 is 10.6 Å². The van der Waals surface area contributed by atoms with E-state index in [1.54, 1.807) is 0 Å². The first-order chi connectivity index (χ1) is 13.8. The summed E-state index contributed by atoms with van der Waals surface area (Å²) in [6.45, 7) is 14.6. The van der Waals surface area contributed by atoms with Gasteiger partial charge in [-0.15, -0.1) is 0 Å². The molecule has 4 heteroatoms. The Bertz CT molecular complexity index is 790. The third-order valence-electron chi connectivity index (χ3n) is 6.37. The summed E-state index contributed by atoms with van der Waals surface area (Å²) >= 11 is 3.60. The Labute approximate surface area is 184 Å². The monoisotopic (exact) mass is 458 g/mol.